The lowest BCUT2D eigenvalue weighted by Crippen LogP contribution is -2.43. The third-order valence-corrected chi connectivity index (χ3v) is 3.50. The first-order valence-electron chi connectivity index (χ1n) is 7.42. The van der Waals surface area contributed by atoms with Gasteiger partial charge in [0.15, 0.2) is 11.7 Å². The van der Waals surface area contributed by atoms with Crippen LogP contribution in [0, 0.1) is 0 Å². The number of H-pyrrole nitrogens is 1. The molecule has 0 bridgehead atoms. The lowest BCUT2D eigenvalue weighted by atomic mass is 10.2. The molecule has 0 unspecified atom stereocenters. The topological polar surface area (TPSA) is 91.1 Å². The van der Waals surface area contributed by atoms with Gasteiger partial charge in [-0.15, -0.1) is 24.0 Å². The number of aromatic nitrogens is 3. The van der Waals surface area contributed by atoms with Gasteiger partial charge in [0.25, 0.3) is 0 Å². The van der Waals surface area contributed by atoms with Crippen molar-refractivity contribution in [2.45, 2.75) is 25.3 Å². The fraction of sp³-hybridized carbons (Fsp3) is 0.400. The van der Waals surface area contributed by atoms with Crippen molar-refractivity contribution in [3.63, 3.8) is 0 Å². The maximum atomic E-state index is 5.27. The predicted octanol–water partition coefficient (Wildman–Crippen LogP) is 2.11. The van der Waals surface area contributed by atoms with Crippen LogP contribution in [0.2, 0.25) is 0 Å². The van der Waals surface area contributed by atoms with E-state index in [0.717, 1.165) is 37.6 Å². The van der Waals surface area contributed by atoms with Crippen LogP contribution in [0.4, 0.5) is 0 Å². The maximum Gasteiger partial charge on any atom is 0.216 e. The lowest BCUT2D eigenvalue weighted by molar-refractivity contribution is 0.577. The van der Waals surface area contributed by atoms with E-state index in [-0.39, 0.29) is 24.0 Å². The Balaban J connectivity index is 0.00000192. The monoisotopic (exact) mass is 428 g/mol. The minimum absolute atomic E-state index is 0. The highest BCUT2D eigenvalue weighted by atomic mass is 127. The highest BCUT2D eigenvalue weighted by Gasteiger charge is 2.12. The Morgan fingerprint density at radius 3 is 2.96 bits per heavy atom. The van der Waals surface area contributed by atoms with Crippen LogP contribution in [0.3, 0.4) is 0 Å². The van der Waals surface area contributed by atoms with Gasteiger partial charge in [-0.2, -0.15) is 5.10 Å². The fourth-order valence-corrected chi connectivity index (χ4v) is 2.35. The molecule has 0 saturated carbocycles. The van der Waals surface area contributed by atoms with E-state index >= 15 is 0 Å². The summed E-state index contributed by atoms with van der Waals surface area (Å²) in [6, 6.07) is 4.11. The molecule has 2 heterocycles. The van der Waals surface area contributed by atoms with E-state index in [9.17, 15) is 0 Å². The van der Waals surface area contributed by atoms with Crippen molar-refractivity contribution in [2.75, 3.05) is 13.6 Å². The zero-order chi connectivity index (χ0) is 15.2. The normalized spacial score (nSPS) is 14.7. The zero-order valence-corrected chi connectivity index (χ0v) is 15.3. The Kier molecular flexibility index (Phi) is 6.63. The summed E-state index contributed by atoms with van der Waals surface area (Å²) >= 11 is 0. The first kappa shape index (κ1) is 17.5. The standard InChI is InChI=1S/C15H20N6O.HI/c1-16-15(18-11-5-2-3-6-11)17-9-8-13-19-14(21-20-13)12-7-4-10-22-12;/h2-4,7,10-11H,5-6,8-9H2,1H3,(H2,16,17,18)(H,19,20,21);1H. The number of nitrogens with one attached hydrogen (secondary N) is 3. The second-order valence-electron chi connectivity index (χ2n) is 5.12. The van der Waals surface area contributed by atoms with Gasteiger partial charge < -0.3 is 15.1 Å². The van der Waals surface area contributed by atoms with E-state index in [1.165, 1.54) is 0 Å². The Bertz CT molecular complexity index is 641. The molecule has 2 aromatic heterocycles. The number of furan rings is 1. The lowest BCUT2D eigenvalue weighted by Gasteiger charge is -2.16. The van der Waals surface area contributed by atoms with Gasteiger partial charge in [0, 0.05) is 26.1 Å². The van der Waals surface area contributed by atoms with Gasteiger partial charge in [0.2, 0.25) is 5.82 Å². The zero-order valence-electron chi connectivity index (χ0n) is 13.0. The molecule has 1 aliphatic carbocycles. The van der Waals surface area contributed by atoms with Gasteiger partial charge in [-0.3, -0.25) is 10.1 Å². The van der Waals surface area contributed by atoms with Crippen LogP contribution >= 0.6 is 24.0 Å². The number of guanidine groups is 1. The smallest absolute Gasteiger partial charge is 0.216 e. The molecule has 0 aromatic carbocycles. The van der Waals surface area contributed by atoms with Crippen molar-refractivity contribution >= 4 is 29.9 Å². The highest BCUT2D eigenvalue weighted by Crippen LogP contribution is 2.14. The minimum Gasteiger partial charge on any atom is -0.461 e. The van der Waals surface area contributed by atoms with Crippen molar-refractivity contribution in [2.24, 2.45) is 4.99 Å². The van der Waals surface area contributed by atoms with E-state index in [1.807, 2.05) is 12.1 Å². The molecule has 0 amide bonds. The second kappa shape index (κ2) is 8.70. The molecule has 0 fully saturated rings. The van der Waals surface area contributed by atoms with Crippen LogP contribution in [-0.2, 0) is 6.42 Å². The highest BCUT2D eigenvalue weighted by molar-refractivity contribution is 14.0. The number of nitrogens with zero attached hydrogens (tertiary/aromatic N) is 3. The summed E-state index contributed by atoms with van der Waals surface area (Å²) in [6.07, 6.45) is 8.83. The molecule has 0 saturated heterocycles. The van der Waals surface area contributed by atoms with Crippen LogP contribution < -0.4 is 10.6 Å². The molecule has 0 atom stereocenters. The van der Waals surface area contributed by atoms with Crippen molar-refractivity contribution in [3.05, 3.63) is 36.4 Å². The number of aliphatic imine (C=N–C) groups is 1. The van der Waals surface area contributed by atoms with Crippen molar-refractivity contribution < 1.29 is 4.42 Å². The molecule has 3 rings (SSSR count). The number of rotatable bonds is 5. The summed E-state index contributed by atoms with van der Waals surface area (Å²) in [5, 5.41) is 13.8. The van der Waals surface area contributed by atoms with Crippen molar-refractivity contribution in [3.8, 4) is 11.6 Å². The predicted molar refractivity (Wildman–Crippen MR) is 99.9 cm³/mol. The fourth-order valence-electron chi connectivity index (χ4n) is 2.35. The van der Waals surface area contributed by atoms with Crippen LogP contribution in [-0.4, -0.2) is 40.8 Å². The Labute approximate surface area is 152 Å². The van der Waals surface area contributed by atoms with Crippen molar-refractivity contribution in [1.29, 1.82) is 0 Å². The van der Waals surface area contributed by atoms with Gasteiger partial charge in [-0.25, -0.2) is 4.98 Å². The number of aromatic amines is 1. The molecule has 8 heteroatoms. The number of halogens is 1. The SMILES string of the molecule is CN=C(NCCc1nc(-c2ccco2)n[nH]1)NC1CC=CC1.I. The van der Waals surface area contributed by atoms with Crippen molar-refractivity contribution in [1.82, 2.24) is 25.8 Å². The van der Waals surface area contributed by atoms with E-state index in [0.29, 0.717) is 17.6 Å². The largest absolute Gasteiger partial charge is 0.461 e. The Hall–Kier alpha value is -1.84. The molecule has 3 N–H and O–H groups in total. The third-order valence-electron chi connectivity index (χ3n) is 3.50. The van der Waals surface area contributed by atoms with Gasteiger partial charge in [0.1, 0.15) is 5.82 Å². The third kappa shape index (κ3) is 4.81. The van der Waals surface area contributed by atoms with E-state index < -0.39 is 0 Å². The van der Waals surface area contributed by atoms with Gasteiger partial charge in [-0.1, -0.05) is 12.2 Å². The molecule has 7 nitrogen and oxygen atoms in total. The quantitative estimate of drug-likeness (QED) is 0.294. The molecule has 2 aromatic rings. The molecular weight excluding hydrogens is 407 g/mol. The second-order valence-corrected chi connectivity index (χ2v) is 5.12. The average Bonchev–Trinajstić information content (AvgIpc) is 3.27. The maximum absolute atomic E-state index is 5.27. The minimum atomic E-state index is 0. The van der Waals surface area contributed by atoms with Gasteiger partial charge >= 0.3 is 0 Å². The molecule has 0 aliphatic heterocycles. The molecule has 0 spiro atoms. The summed E-state index contributed by atoms with van der Waals surface area (Å²) in [4.78, 5) is 8.64. The molecular formula is C15H21IN6O. The van der Waals surface area contributed by atoms with E-state index in [2.05, 4.69) is 43.0 Å². The summed E-state index contributed by atoms with van der Waals surface area (Å²) in [7, 11) is 1.78. The Morgan fingerprint density at radius 1 is 1.43 bits per heavy atom. The molecule has 1 aliphatic rings. The first-order chi connectivity index (χ1) is 10.8. The summed E-state index contributed by atoms with van der Waals surface area (Å²) in [6.45, 7) is 0.729. The van der Waals surface area contributed by atoms with Crippen LogP contribution in [0.1, 0.15) is 18.7 Å². The molecule has 23 heavy (non-hydrogen) atoms. The van der Waals surface area contributed by atoms with Crippen LogP contribution in [0.5, 0.6) is 0 Å². The Morgan fingerprint density at radius 2 is 2.26 bits per heavy atom. The summed E-state index contributed by atoms with van der Waals surface area (Å²) in [5.74, 6) is 2.89. The van der Waals surface area contributed by atoms with Crippen LogP contribution in [0.25, 0.3) is 11.6 Å². The van der Waals surface area contributed by atoms with E-state index in [4.69, 9.17) is 4.42 Å². The van der Waals surface area contributed by atoms with Crippen LogP contribution in [0.15, 0.2) is 40.0 Å². The summed E-state index contributed by atoms with van der Waals surface area (Å²) in [5.41, 5.74) is 0. The number of hydrogen-bond donors (Lipinski definition) is 3. The van der Waals surface area contributed by atoms with Gasteiger partial charge in [0.05, 0.1) is 6.26 Å². The van der Waals surface area contributed by atoms with E-state index in [1.54, 1.807) is 13.3 Å². The molecule has 124 valence electrons. The number of hydrogen-bond acceptors (Lipinski definition) is 4. The first-order valence-corrected chi connectivity index (χ1v) is 7.42. The van der Waals surface area contributed by atoms with Gasteiger partial charge in [-0.05, 0) is 25.0 Å². The average molecular weight is 428 g/mol. The summed E-state index contributed by atoms with van der Waals surface area (Å²) < 4.78 is 5.27. The molecule has 0 radical (unpaired) electrons.